The topological polar surface area (TPSA) is 101 Å². The van der Waals surface area contributed by atoms with Crippen molar-refractivity contribution in [2.75, 3.05) is 31.6 Å². The summed E-state index contributed by atoms with van der Waals surface area (Å²) in [6.45, 7) is 8.21. The number of para-hydroxylation sites is 1. The second-order valence-corrected chi connectivity index (χ2v) is 15.0. The molecule has 2 bridgehead atoms. The molecule has 2 aromatic carbocycles. The molecule has 13 heteroatoms. The molecule has 49 heavy (non-hydrogen) atoms. The number of carbonyl (C=O) groups is 3. The van der Waals surface area contributed by atoms with Gasteiger partial charge in [-0.25, -0.2) is 4.98 Å². The number of pyridine rings is 1. The number of hydrogen-bond donors (Lipinski definition) is 1. The van der Waals surface area contributed by atoms with E-state index in [1.807, 2.05) is 11.0 Å². The molecule has 9 nitrogen and oxygen atoms in total. The third kappa shape index (κ3) is 6.73. The van der Waals surface area contributed by atoms with E-state index in [4.69, 9.17) is 9.72 Å². The number of carbonyl (C=O) groups excluding carboxylic acids is 3. The van der Waals surface area contributed by atoms with Crippen LogP contribution in [-0.4, -0.2) is 71.9 Å². The Labute approximate surface area is 290 Å². The number of fused-ring (bicyclic) bond motifs is 3. The average Bonchev–Trinajstić information content (AvgIpc) is 3.01. The highest BCUT2D eigenvalue weighted by Crippen LogP contribution is 2.56. The SMILES string of the molecule is Cc1c(N2CCN(C)C(=O)C2)nc2ccc(Br)cc2c1C(=O)NC12CCC(C(=O)OC(C)(C)C)(C=C1c1ccccc1OC(F)(F)F)CC2. The number of esters is 1. The highest BCUT2D eigenvalue weighted by molar-refractivity contribution is 9.10. The molecule has 3 aliphatic carbocycles. The summed E-state index contributed by atoms with van der Waals surface area (Å²) in [5.74, 6) is -0.899. The van der Waals surface area contributed by atoms with E-state index in [-0.39, 0.29) is 30.9 Å². The average molecular weight is 744 g/mol. The number of ether oxygens (including phenoxy) is 2. The normalized spacial score (nSPS) is 22.6. The Balaban J connectivity index is 1.47. The smallest absolute Gasteiger partial charge is 0.459 e. The second kappa shape index (κ2) is 12.3. The summed E-state index contributed by atoms with van der Waals surface area (Å²) in [6.07, 6.45) is -2.09. The zero-order valence-corrected chi connectivity index (χ0v) is 29.5. The van der Waals surface area contributed by atoms with Crippen LogP contribution in [0.5, 0.6) is 5.75 Å². The predicted octanol–water partition coefficient (Wildman–Crippen LogP) is 6.95. The lowest BCUT2D eigenvalue weighted by Gasteiger charge is -2.52. The van der Waals surface area contributed by atoms with Gasteiger partial charge in [0.05, 0.1) is 28.6 Å². The van der Waals surface area contributed by atoms with Crippen LogP contribution in [0.4, 0.5) is 19.0 Å². The van der Waals surface area contributed by atoms with Crippen molar-refractivity contribution in [3.63, 3.8) is 0 Å². The van der Waals surface area contributed by atoms with Crippen LogP contribution in [-0.2, 0) is 14.3 Å². The summed E-state index contributed by atoms with van der Waals surface area (Å²) in [5.41, 5.74) is -1.05. The van der Waals surface area contributed by atoms with Gasteiger partial charge < -0.3 is 24.6 Å². The molecule has 1 aromatic heterocycles. The number of anilines is 1. The van der Waals surface area contributed by atoms with Crippen molar-refractivity contribution in [1.29, 1.82) is 0 Å². The Morgan fingerprint density at radius 3 is 2.37 bits per heavy atom. The van der Waals surface area contributed by atoms with E-state index in [1.165, 1.54) is 18.2 Å². The highest BCUT2D eigenvalue weighted by Gasteiger charge is 2.55. The lowest BCUT2D eigenvalue weighted by molar-refractivity contribution is -0.274. The van der Waals surface area contributed by atoms with Crippen molar-refractivity contribution in [2.45, 2.75) is 70.9 Å². The quantitative estimate of drug-likeness (QED) is 0.273. The molecule has 1 N–H and O–H groups in total. The fraction of sp³-hybridized carbons (Fsp3) is 0.444. The lowest BCUT2D eigenvalue weighted by Crippen LogP contribution is -2.58. The van der Waals surface area contributed by atoms with E-state index in [1.54, 1.807) is 63.9 Å². The van der Waals surface area contributed by atoms with Crippen LogP contribution >= 0.6 is 15.9 Å². The number of aromatic nitrogens is 1. The molecule has 260 valence electrons. The predicted molar refractivity (Wildman–Crippen MR) is 182 cm³/mol. The largest absolute Gasteiger partial charge is 0.573 e. The van der Waals surface area contributed by atoms with Crippen molar-refractivity contribution in [2.24, 2.45) is 5.41 Å². The van der Waals surface area contributed by atoms with Crippen LogP contribution in [0.25, 0.3) is 16.5 Å². The van der Waals surface area contributed by atoms with Gasteiger partial charge >= 0.3 is 12.3 Å². The monoisotopic (exact) mass is 742 g/mol. The van der Waals surface area contributed by atoms with Gasteiger partial charge in [-0.1, -0.05) is 40.2 Å². The second-order valence-electron chi connectivity index (χ2n) is 14.1. The van der Waals surface area contributed by atoms with Gasteiger partial charge in [0.25, 0.3) is 5.91 Å². The fourth-order valence-electron chi connectivity index (χ4n) is 7.16. The van der Waals surface area contributed by atoms with Gasteiger partial charge in [0.2, 0.25) is 5.91 Å². The maximum absolute atomic E-state index is 14.7. The van der Waals surface area contributed by atoms with Gasteiger partial charge in [0.15, 0.2) is 0 Å². The first-order valence-electron chi connectivity index (χ1n) is 16.1. The van der Waals surface area contributed by atoms with Crippen LogP contribution in [0.2, 0.25) is 0 Å². The Kier molecular flexibility index (Phi) is 8.74. The molecular weight excluding hydrogens is 705 g/mol. The molecule has 4 aliphatic rings. The van der Waals surface area contributed by atoms with Crippen LogP contribution in [0.3, 0.4) is 0 Å². The first kappa shape index (κ1) is 34.7. The molecule has 2 heterocycles. The number of likely N-dealkylation sites (N-methyl/N-ethyl adjacent to an activating group) is 1. The number of benzene rings is 2. The van der Waals surface area contributed by atoms with E-state index < -0.39 is 40.5 Å². The summed E-state index contributed by atoms with van der Waals surface area (Å²) in [5, 5.41) is 3.82. The third-order valence-corrected chi connectivity index (χ3v) is 10.1. The molecule has 0 atom stereocenters. The minimum atomic E-state index is -4.97. The summed E-state index contributed by atoms with van der Waals surface area (Å²) >= 11 is 3.51. The van der Waals surface area contributed by atoms with Crippen molar-refractivity contribution in [3.05, 3.63) is 69.7 Å². The highest BCUT2D eigenvalue weighted by atomic mass is 79.9. The Morgan fingerprint density at radius 1 is 1.02 bits per heavy atom. The fourth-order valence-corrected chi connectivity index (χ4v) is 7.52. The van der Waals surface area contributed by atoms with Crippen LogP contribution in [0.15, 0.2) is 53.0 Å². The van der Waals surface area contributed by atoms with Crippen LogP contribution in [0, 0.1) is 12.3 Å². The number of nitrogens with zero attached hydrogens (tertiary/aromatic N) is 3. The van der Waals surface area contributed by atoms with Gasteiger partial charge in [0, 0.05) is 41.1 Å². The first-order chi connectivity index (χ1) is 22.9. The first-order valence-corrected chi connectivity index (χ1v) is 16.9. The van der Waals surface area contributed by atoms with E-state index in [2.05, 4.69) is 26.0 Å². The van der Waals surface area contributed by atoms with Gasteiger partial charge in [-0.15, -0.1) is 13.2 Å². The summed E-state index contributed by atoms with van der Waals surface area (Å²) in [4.78, 5) is 49.4. The zero-order valence-electron chi connectivity index (χ0n) is 28.0. The van der Waals surface area contributed by atoms with E-state index >= 15 is 0 Å². The number of alkyl halides is 3. The Morgan fingerprint density at radius 2 is 1.71 bits per heavy atom. The molecule has 1 aliphatic heterocycles. The molecule has 3 aromatic rings. The summed E-state index contributed by atoms with van der Waals surface area (Å²) < 4.78 is 51.9. The number of halogens is 4. The Hall–Kier alpha value is -4.13. The summed E-state index contributed by atoms with van der Waals surface area (Å²) in [6, 6.07) is 11.2. The van der Waals surface area contributed by atoms with Crippen molar-refractivity contribution in [3.8, 4) is 5.75 Å². The summed E-state index contributed by atoms with van der Waals surface area (Å²) in [7, 11) is 1.74. The van der Waals surface area contributed by atoms with Gasteiger partial charge in [-0.3, -0.25) is 14.4 Å². The van der Waals surface area contributed by atoms with E-state index in [0.717, 1.165) is 4.47 Å². The van der Waals surface area contributed by atoms with Crippen molar-refractivity contribution < 1.29 is 37.0 Å². The van der Waals surface area contributed by atoms with Crippen LogP contribution < -0.4 is 15.0 Å². The van der Waals surface area contributed by atoms with E-state index in [0.29, 0.717) is 59.4 Å². The molecule has 1 saturated carbocycles. The number of rotatable bonds is 6. The van der Waals surface area contributed by atoms with Crippen molar-refractivity contribution >= 4 is 56.0 Å². The van der Waals surface area contributed by atoms with Gasteiger partial charge in [-0.05, 0) is 83.2 Å². The minimum absolute atomic E-state index is 0.0688. The van der Waals surface area contributed by atoms with E-state index in [9.17, 15) is 27.6 Å². The molecule has 0 radical (unpaired) electrons. The number of hydrogen-bond acceptors (Lipinski definition) is 7. The number of amides is 2. The molecule has 2 fully saturated rings. The Bertz CT molecular complexity index is 1880. The maximum Gasteiger partial charge on any atom is 0.573 e. The molecule has 0 unspecified atom stereocenters. The molecular formula is C36H38BrF3N4O5. The standard InChI is InChI=1S/C36H38BrF3N4O5/c1-21-29(24-18-22(37)10-11-26(24)41-30(21)44-17-16-43(5)28(45)20-44)31(46)42-35-14-12-34(13-15-35,32(47)49-33(2,3)4)19-25(35)23-8-6-7-9-27(23)48-36(38,39)40/h6-11,18-19H,12-17,20H2,1-5H3,(H,42,46). The molecule has 7 rings (SSSR count). The molecule has 0 spiro atoms. The third-order valence-electron chi connectivity index (χ3n) is 9.64. The van der Waals surface area contributed by atoms with Gasteiger partial charge in [-0.2, -0.15) is 0 Å². The van der Waals surface area contributed by atoms with Crippen LogP contribution in [0.1, 0.15) is 67.9 Å². The maximum atomic E-state index is 14.7. The molecule has 2 amide bonds. The van der Waals surface area contributed by atoms with Gasteiger partial charge in [0.1, 0.15) is 17.2 Å². The molecule has 1 saturated heterocycles. The lowest BCUT2D eigenvalue weighted by atomic mass is 9.57. The number of piperazine rings is 1. The number of nitrogens with one attached hydrogen (secondary N) is 1. The minimum Gasteiger partial charge on any atom is -0.459 e. The zero-order chi connectivity index (χ0) is 35.5. The van der Waals surface area contributed by atoms with Crippen molar-refractivity contribution in [1.82, 2.24) is 15.2 Å².